The molecule has 4 nitrogen and oxygen atoms in total. The van der Waals surface area contributed by atoms with E-state index in [0.717, 1.165) is 25.7 Å². The maximum Gasteiger partial charge on any atom is 0.160 e. The van der Waals surface area contributed by atoms with E-state index in [-0.39, 0.29) is 0 Å². The average molecular weight is 264 g/mol. The van der Waals surface area contributed by atoms with Crippen molar-refractivity contribution in [2.24, 2.45) is 21.7 Å². The van der Waals surface area contributed by atoms with Gasteiger partial charge in [0.05, 0.1) is 24.3 Å². The Morgan fingerprint density at radius 1 is 0.500 bits per heavy atom. The minimum absolute atomic E-state index is 0.664. The lowest BCUT2D eigenvalue weighted by Crippen LogP contribution is -2.76. The smallest absolute Gasteiger partial charge is 0.160 e. The molecule has 0 aromatic carbocycles. The normalized spacial score (nSPS) is 29.8. The highest BCUT2D eigenvalue weighted by Gasteiger charge is 2.89. The van der Waals surface area contributed by atoms with E-state index in [9.17, 15) is 21.0 Å². The molecule has 3 aliphatic rings. The van der Waals surface area contributed by atoms with Crippen molar-refractivity contribution >= 4 is 0 Å². The molecule has 0 aliphatic heterocycles. The van der Waals surface area contributed by atoms with Crippen molar-refractivity contribution in [2.75, 3.05) is 0 Å². The summed E-state index contributed by atoms with van der Waals surface area (Å²) in [7, 11) is 0. The topological polar surface area (TPSA) is 95.2 Å². The SMILES string of the molecule is N#CC1(C#N)C2(CCCC2)C(C#N)(C#N)C12CCCC2. The first kappa shape index (κ1) is 13.0. The Balaban J connectivity index is 2.31. The minimum Gasteiger partial charge on any atom is -0.197 e. The Hall–Kier alpha value is -2.04. The first-order valence-corrected chi connectivity index (χ1v) is 7.31. The molecule has 3 saturated carbocycles. The highest BCUT2D eigenvalue weighted by atomic mass is 14.9. The predicted octanol–water partition coefficient (Wildman–Crippen LogP) is 3.19. The van der Waals surface area contributed by atoms with Gasteiger partial charge < -0.3 is 0 Å². The van der Waals surface area contributed by atoms with E-state index in [1.165, 1.54) is 0 Å². The summed E-state index contributed by atoms with van der Waals surface area (Å²) in [6.07, 6.45) is 6.29. The van der Waals surface area contributed by atoms with Crippen molar-refractivity contribution in [1.82, 2.24) is 0 Å². The molecule has 0 aromatic rings. The van der Waals surface area contributed by atoms with Gasteiger partial charge in [0.2, 0.25) is 0 Å². The zero-order valence-corrected chi connectivity index (χ0v) is 11.4. The maximum atomic E-state index is 9.82. The van der Waals surface area contributed by atoms with Crippen LogP contribution in [0.15, 0.2) is 0 Å². The van der Waals surface area contributed by atoms with Gasteiger partial charge in [-0.15, -0.1) is 0 Å². The summed E-state index contributed by atoms with van der Waals surface area (Å²) in [6, 6.07) is 9.16. The van der Waals surface area contributed by atoms with Crippen LogP contribution in [0.25, 0.3) is 0 Å². The minimum atomic E-state index is -1.14. The second kappa shape index (κ2) is 3.75. The molecular formula is C16H16N4. The van der Waals surface area contributed by atoms with Gasteiger partial charge in [-0.2, -0.15) is 21.0 Å². The van der Waals surface area contributed by atoms with Gasteiger partial charge in [-0.25, -0.2) is 0 Å². The van der Waals surface area contributed by atoms with Crippen molar-refractivity contribution in [1.29, 1.82) is 21.0 Å². The van der Waals surface area contributed by atoms with E-state index in [2.05, 4.69) is 24.3 Å². The third-order valence-corrected chi connectivity index (χ3v) is 6.46. The largest absolute Gasteiger partial charge is 0.197 e. The molecule has 0 radical (unpaired) electrons. The van der Waals surface area contributed by atoms with Crippen LogP contribution in [0.1, 0.15) is 51.4 Å². The Bertz CT molecular complexity index is 507. The summed E-state index contributed by atoms with van der Waals surface area (Å²) >= 11 is 0. The maximum absolute atomic E-state index is 9.82. The summed E-state index contributed by atoms with van der Waals surface area (Å²) in [6.45, 7) is 0. The van der Waals surface area contributed by atoms with E-state index in [4.69, 9.17) is 0 Å². The zero-order chi connectivity index (χ0) is 14.5. The fraction of sp³-hybridized carbons (Fsp3) is 0.750. The van der Waals surface area contributed by atoms with Gasteiger partial charge in [-0.1, -0.05) is 25.7 Å². The molecule has 2 spiro atoms. The third kappa shape index (κ3) is 0.873. The molecular weight excluding hydrogens is 248 g/mol. The average Bonchev–Trinajstić information content (AvgIpc) is 3.14. The lowest BCUT2D eigenvalue weighted by atomic mass is 9.24. The Kier molecular flexibility index (Phi) is 2.43. The standard InChI is InChI=1S/C16H16N4/c17-9-15(10-18)13(5-1-2-6-13)16(11-19,12-20)14(15)7-3-4-8-14/h1-8H2. The van der Waals surface area contributed by atoms with Crippen LogP contribution in [0.3, 0.4) is 0 Å². The predicted molar refractivity (Wildman–Crippen MR) is 69.1 cm³/mol. The van der Waals surface area contributed by atoms with Crippen LogP contribution in [0, 0.1) is 67.0 Å². The van der Waals surface area contributed by atoms with Gasteiger partial charge in [0.15, 0.2) is 10.8 Å². The molecule has 3 rings (SSSR count). The highest BCUT2D eigenvalue weighted by Crippen LogP contribution is 2.85. The van der Waals surface area contributed by atoms with E-state index in [1.807, 2.05) is 0 Å². The van der Waals surface area contributed by atoms with Crippen LogP contribution < -0.4 is 0 Å². The molecule has 0 saturated heterocycles. The molecule has 0 aromatic heterocycles. The van der Waals surface area contributed by atoms with E-state index < -0.39 is 21.7 Å². The monoisotopic (exact) mass is 264 g/mol. The van der Waals surface area contributed by atoms with Crippen molar-refractivity contribution in [3.63, 3.8) is 0 Å². The summed E-state index contributed by atoms with van der Waals surface area (Å²) in [5.41, 5.74) is -3.73. The van der Waals surface area contributed by atoms with Crippen LogP contribution in [0.2, 0.25) is 0 Å². The molecule has 3 fully saturated rings. The molecule has 0 bridgehead atoms. The zero-order valence-electron chi connectivity index (χ0n) is 11.4. The van der Waals surface area contributed by atoms with Gasteiger partial charge in [-0.3, -0.25) is 0 Å². The number of hydrogen-bond donors (Lipinski definition) is 0. The van der Waals surface area contributed by atoms with Gasteiger partial charge in [0.25, 0.3) is 0 Å². The molecule has 0 amide bonds. The van der Waals surface area contributed by atoms with Crippen LogP contribution in [-0.4, -0.2) is 0 Å². The molecule has 0 N–H and O–H groups in total. The van der Waals surface area contributed by atoms with Gasteiger partial charge in [0.1, 0.15) is 0 Å². The van der Waals surface area contributed by atoms with Crippen LogP contribution in [-0.2, 0) is 0 Å². The van der Waals surface area contributed by atoms with Crippen molar-refractivity contribution in [3.8, 4) is 24.3 Å². The second-order valence-electron chi connectivity index (χ2n) is 6.53. The second-order valence-corrected chi connectivity index (χ2v) is 6.53. The number of nitriles is 4. The van der Waals surface area contributed by atoms with Crippen molar-refractivity contribution in [2.45, 2.75) is 51.4 Å². The van der Waals surface area contributed by atoms with E-state index >= 15 is 0 Å². The summed E-state index contributed by atoms with van der Waals surface area (Å²) in [4.78, 5) is 0. The first-order chi connectivity index (χ1) is 9.66. The molecule has 3 aliphatic carbocycles. The van der Waals surface area contributed by atoms with Gasteiger partial charge >= 0.3 is 0 Å². The fourth-order valence-electron chi connectivity index (χ4n) is 5.78. The van der Waals surface area contributed by atoms with Crippen LogP contribution in [0.4, 0.5) is 0 Å². The van der Waals surface area contributed by atoms with Gasteiger partial charge in [0, 0.05) is 10.8 Å². The Morgan fingerprint density at radius 3 is 0.950 bits per heavy atom. The van der Waals surface area contributed by atoms with E-state index in [1.54, 1.807) is 0 Å². The summed E-state index contributed by atoms with van der Waals surface area (Å²) < 4.78 is 0. The molecule has 0 atom stereocenters. The molecule has 0 heterocycles. The molecule has 20 heavy (non-hydrogen) atoms. The highest BCUT2D eigenvalue weighted by molar-refractivity contribution is 5.51. The summed E-state index contributed by atoms with van der Waals surface area (Å²) in [5.74, 6) is 0. The quantitative estimate of drug-likeness (QED) is 0.671. The van der Waals surface area contributed by atoms with Crippen LogP contribution >= 0.6 is 0 Å². The Morgan fingerprint density at radius 2 is 0.750 bits per heavy atom. The number of nitrogens with zero attached hydrogens (tertiary/aromatic N) is 4. The molecule has 4 heteroatoms. The molecule has 0 unspecified atom stereocenters. The first-order valence-electron chi connectivity index (χ1n) is 7.31. The fourth-order valence-corrected chi connectivity index (χ4v) is 5.78. The van der Waals surface area contributed by atoms with Crippen LogP contribution in [0.5, 0.6) is 0 Å². The Labute approximate surface area is 119 Å². The lowest BCUT2D eigenvalue weighted by Gasteiger charge is -2.70. The summed E-state index contributed by atoms with van der Waals surface area (Å²) in [5, 5.41) is 39.3. The van der Waals surface area contributed by atoms with Gasteiger partial charge in [-0.05, 0) is 25.7 Å². The number of rotatable bonds is 0. The van der Waals surface area contributed by atoms with E-state index in [0.29, 0.717) is 25.7 Å². The van der Waals surface area contributed by atoms with Crippen molar-refractivity contribution in [3.05, 3.63) is 0 Å². The third-order valence-electron chi connectivity index (χ3n) is 6.46. The lowest BCUT2D eigenvalue weighted by molar-refractivity contribution is -0.230. The molecule has 100 valence electrons. The van der Waals surface area contributed by atoms with Crippen molar-refractivity contribution < 1.29 is 0 Å². The number of hydrogen-bond acceptors (Lipinski definition) is 4.